The fraction of sp³-hybridized carbons (Fsp3) is 0. The first-order valence-corrected chi connectivity index (χ1v) is 2.18. The first-order chi connectivity index (χ1) is 2.50. The molecule has 1 heterocycles. The number of aromatic nitrogens is 1. The van der Waals surface area contributed by atoms with E-state index in [2.05, 4.69) is 4.37 Å². The van der Waals surface area contributed by atoms with E-state index in [1.54, 1.807) is 6.20 Å². The summed E-state index contributed by atoms with van der Waals surface area (Å²) in [6.07, 6.45) is 1.77. The van der Waals surface area contributed by atoms with E-state index in [0.29, 0.717) is 0 Å². The van der Waals surface area contributed by atoms with Gasteiger partial charge in [-0.3, -0.25) is 0 Å². The normalized spacial score (nSPS) is 5.71. The Morgan fingerprint density at radius 2 is 2.14 bits per heavy atom. The van der Waals surface area contributed by atoms with Gasteiger partial charge in [0.05, 0.1) is 0 Å². The van der Waals surface area contributed by atoms with Crippen LogP contribution < -0.4 is 0 Å². The molecule has 0 fully saturated rings. The standard InChI is InChI=1S/C3H3NS.Cu.H3P/c1-2-4-5-3-1;;/h1-3H;;1H3. The summed E-state index contributed by atoms with van der Waals surface area (Å²) in [6, 6.07) is 1.91. The quantitative estimate of drug-likeness (QED) is 0.434. The third-order valence-corrected chi connectivity index (χ3v) is 0.869. The van der Waals surface area contributed by atoms with E-state index in [9.17, 15) is 0 Å². The van der Waals surface area contributed by atoms with Crippen LogP contribution in [0.2, 0.25) is 0 Å². The molecule has 0 aliphatic rings. The zero-order chi connectivity index (χ0) is 3.54. The van der Waals surface area contributed by atoms with E-state index in [-0.39, 0.29) is 27.0 Å². The Morgan fingerprint density at radius 3 is 2.29 bits per heavy atom. The fourth-order valence-electron chi connectivity index (χ4n) is 0.176. The number of rotatable bonds is 0. The Balaban J connectivity index is 0. The molecule has 4 heteroatoms. The van der Waals surface area contributed by atoms with Gasteiger partial charge in [0.15, 0.2) is 0 Å². The van der Waals surface area contributed by atoms with Crippen molar-refractivity contribution < 1.29 is 17.1 Å². The summed E-state index contributed by atoms with van der Waals surface area (Å²) in [5.41, 5.74) is 0. The van der Waals surface area contributed by atoms with Crippen LogP contribution in [-0.2, 0) is 17.1 Å². The van der Waals surface area contributed by atoms with Crippen molar-refractivity contribution >= 4 is 21.4 Å². The predicted octanol–water partition coefficient (Wildman–Crippen LogP) is 1.20. The zero-order valence-corrected chi connectivity index (χ0v) is 6.77. The molecule has 1 aromatic heterocycles. The number of nitrogens with zero attached hydrogens (tertiary/aromatic N) is 1. The summed E-state index contributed by atoms with van der Waals surface area (Å²) >= 11 is 1.46. The van der Waals surface area contributed by atoms with Crippen molar-refractivity contribution in [3.8, 4) is 0 Å². The van der Waals surface area contributed by atoms with Crippen LogP contribution in [0.5, 0.6) is 0 Å². The maximum atomic E-state index is 3.76. The molecule has 7 heavy (non-hydrogen) atoms. The average Bonchev–Trinajstić information content (AvgIpc) is 1.76. The van der Waals surface area contributed by atoms with Gasteiger partial charge in [0.1, 0.15) is 0 Å². The zero-order valence-electron chi connectivity index (χ0n) is 3.60. The van der Waals surface area contributed by atoms with Gasteiger partial charge in [0, 0.05) is 28.6 Å². The molecule has 0 amide bonds. The van der Waals surface area contributed by atoms with Gasteiger partial charge in [-0.05, 0) is 17.6 Å². The van der Waals surface area contributed by atoms with Crippen molar-refractivity contribution in [3.63, 3.8) is 0 Å². The molecule has 0 saturated heterocycles. The molecule has 1 atom stereocenters. The molecule has 1 radical (unpaired) electrons. The molecule has 0 aliphatic carbocycles. The summed E-state index contributed by atoms with van der Waals surface area (Å²) < 4.78 is 3.76. The number of hydrogen-bond donors (Lipinski definition) is 0. The van der Waals surface area contributed by atoms with Crippen LogP contribution >= 0.6 is 21.4 Å². The average molecular weight is 183 g/mol. The van der Waals surface area contributed by atoms with E-state index >= 15 is 0 Å². The molecular formula is C3H6CuNPS. The van der Waals surface area contributed by atoms with E-state index in [4.69, 9.17) is 0 Å². The summed E-state index contributed by atoms with van der Waals surface area (Å²) in [6.45, 7) is 0. The van der Waals surface area contributed by atoms with Gasteiger partial charge >= 0.3 is 0 Å². The second kappa shape index (κ2) is 6.58. The molecule has 0 aliphatic heterocycles. The van der Waals surface area contributed by atoms with Gasteiger partial charge in [0.25, 0.3) is 0 Å². The molecule has 1 unspecified atom stereocenters. The topological polar surface area (TPSA) is 12.9 Å². The molecule has 45 valence electrons. The minimum absolute atomic E-state index is 0. The maximum absolute atomic E-state index is 3.76. The van der Waals surface area contributed by atoms with Crippen LogP contribution in [0.3, 0.4) is 0 Å². The van der Waals surface area contributed by atoms with Gasteiger partial charge in [-0.2, -0.15) is 9.90 Å². The van der Waals surface area contributed by atoms with Gasteiger partial charge in [-0.25, -0.2) is 4.37 Å². The van der Waals surface area contributed by atoms with E-state index in [0.717, 1.165) is 0 Å². The van der Waals surface area contributed by atoms with Crippen molar-refractivity contribution in [2.45, 2.75) is 0 Å². The SMILES string of the molecule is P.[Cu].c1cnsc1. The smallest absolute Gasteiger partial charge is 0.0406 e. The minimum Gasteiger partial charge on any atom is -0.201 e. The monoisotopic (exact) mass is 182 g/mol. The molecule has 1 aromatic rings. The summed E-state index contributed by atoms with van der Waals surface area (Å²) in [7, 11) is 0. The van der Waals surface area contributed by atoms with Gasteiger partial charge < -0.3 is 0 Å². The molecule has 0 saturated carbocycles. The molecule has 1 rings (SSSR count). The largest absolute Gasteiger partial charge is 0.201 e. The predicted molar refractivity (Wildman–Crippen MR) is 33.2 cm³/mol. The molecule has 0 aromatic carbocycles. The fourth-order valence-corrected chi connectivity index (χ4v) is 0.527. The maximum Gasteiger partial charge on any atom is 0.0406 e. The second-order valence-electron chi connectivity index (χ2n) is 0.688. The summed E-state index contributed by atoms with van der Waals surface area (Å²) in [5, 5.41) is 1.93. The van der Waals surface area contributed by atoms with Crippen LogP contribution in [0.4, 0.5) is 0 Å². The molecule has 0 spiro atoms. The Labute approximate surface area is 60.8 Å². The van der Waals surface area contributed by atoms with Crippen LogP contribution in [0.25, 0.3) is 0 Å². The van der Waals surface area contributed by atoms with Crippen molar-refractivity contribution in [2.24, 2.45) is 0 Å². The van der Waals surface area contributed by atoms with E-state index < -0.39 is 0 Å². The van der Waals surface area contributed by atoms with Crippen LogP contribution in [0.15, 0.2) is 17.6 Å². The van der Waals surface area contributed by atoms with Crippen molar-refractivity contribution in [1.82, 2.24) is 4.37 Å². The van der Waals surface area contributed by atoms with Crippen LogP contribution in [0, 0.1) is 0 Å². The Bertz CT molecular complexity index is 71.4. The first kappa shape index (κ1) is 10.5. The Kier molecular flexibility index (Phi) is 9.91. The Hall–Kier alpha value is 0.579. The van der Waals surface area contributed by atoms with Gasteiger partial charge in [-0.1, -0.05) is 0 Å². The molecule has 0 bridgehead atoms. The van der Waals surface area contributed by atoms with Crippen molar-refractivity contribution in [2.75, 3.05) is 0 Å². The second-order valence-corrected chi connectivity index (χ2v) is 1.38. The van der Waals surface area contributed by atoms with Crippen LogP contribution in [0.1, 0.15) is 0 Å². The van der Waals surface area contributed by atoms with Crippen molar-refractivity contribution in [1.29, 1.82) is 0 Å². The first-order valence-electron chi connectivity index (χ1n) is 1.34. The third kappa shape index (κ3) is 4.43. The van der Waals surface area contributed by atoms with E-state index in [1.165, 1.54) is 11.5 Å². The number of hydrogen-bond acceptors (Lipinski definition) is 2. The minimum atomic E-state index is 0. The third-order valence-electron chi connectivity index (χ3n) is 0.347. The Morgan fingerprint density at radius 1 is 1.43 bits per heavy atom. The molecular weight excluding hydrogens is 177 g/mol. The van der Waals surface area contributed by atoms with Crippen molar-refractivity contribution in [3.05, 3.63) is 17.6 Å². The van der Waals surface area contributed by atoms with Gasteiger partial charge in [0.2, 0.25) is 0 Å². The van der Waals surface area contributed by atoms with Gasteiger partial charge in [-0.15, -0.1) is 0 Å². The molecule has 0 N–H and O–H groups in total. The summed E-state index contributed by atoms with van der Waals surface area (Å²) in [4.78, 5) is 0. The molecule has 1 nitrogen and oxygen atoms in total. The van der Waals surface area contributed by atoms with Crippen LogP contribution in [-0.4, -0.2) is 4.37 Å². The summed E-state index contributed by atoms with van der Waals surface area (Å²) in [5.74, 6) is 0. The van der Waals surface area contributed by atoms with E-state index in [1.807, 2.05) is 11.4 Å².